The first-order valence-electron chi connectivity index (χ1n) is 10.8. The normalized spacial score (nSPS) is 20.1. The SMILES string of the molecule is C[N+]1(C)C=CC=CC1C(Sc1nc2ccccc2s1)(c1ccccc1Sc1ccnnn1)S(=O)(O)=S. The second-order valence-corrected chi connectivity index (χ2v) is 15.3. The van der Waals surface area contributed by atoms with E-state index >= 15 is 0 Å². The number of thioether (sulfide) groups is 1. The first kappa shape index (κ1) is 25.5. The third-order valence-electron chi connectivity index (χ3n) is 5.83. The summed E-state index contributed by atoms with van der Waals surface area (Å²) in [6, 6.07) is 16.7. The average Bonchev–Trinajstić information content (AvgIpc) is 3.25. The van der Waals surface area contributed by atoms with Gasteiger partial charge in [0.05, 0.1) is 36.7 Å². The minimum atomic E-state index is -3.90. The monoisotopic (exact) mass is 572 g/mol. The molecular formula is C24H22N5O2S5+. The van der Waals surface area contributed by atoms with E-state index in [0.29, 0.717) is 19.4 Å². The lowest BCUT2D eigenvalue weighted by atomic mass is 9.99. The van der Waals surface area contributed by atoms with Crippen molar-refractivity contribution in [1.29, 1.82) is 0 Å². The predicted molar refractivity (Wildman–Crippen MR) is 150 cm³/mol. The smallest absolute Gasteiger partial charge is 0.205 e. The molecule has 3 atom stereocenters. The van der Waals surface area contributed by atoms with Crippen LogP contribution in [0.1, 0.15) is 5.56 Å². The number of allylic oxidation sites excluding steroid dienone is 2. The standard InChI is InChI=1S/C24H21N5O2S5/c1-29(2)16-8-7-13-21(29)24(36(30,31)32,35-23-26-18-10-4-6-12-20(18)34-23)17-9-3-5-11-19(17)33-22-14-15-25-28-27-22/h3-16,21H,1-2H3/p+1. The number of likely N-dealkylation sites (N-methyl/N-ethyl adjacent to an activating group) is 1. The van der Waals surface area contributed by atoms with E-state index in [1.165, 1.54) is 34.9 Å². The van der Waals surface area contributed by atoms with E-state index in [2.05, 4.69) is 15.4 Å². The minimum absolute atomic E-state index is 0.330. The summed E-state index contributed by atoms with van der Waals surface area (Å²) < 4.78 is 26.1. The van der Waals surface area contributed by atoms with Crippen molar-refractivity contribution < 1.29 is 13.2 Å². The lowest BCUT2D eigenvalue weighted by Crippen LogP contribution is -2.57. The topological polar surface area (TPSA) is 88.9 Å². The quantitative estimate of drug-likeness (QED) is 0.233. The Labute approximate surface area is 226 Å². The average molecular weight is 573 g/mol. The Morgan fingerprint density at radius 2 is 1.89 bits per heavy atom. The van der Waals surface area contributed by atoms with Crippen molar-refractivity contribution in [3.05, 3.63) is 90.8 Å². The molecule has 0 spiro atoms. The van der Waals surface area contributed by atoms with Crippen LogP contribution in [-0.2, 0) is 24.0 Å². The number of benzene rings is 2. The third kappa shape index (κ3) is 4.74. The molecule has 0 fully saturated rings. The second-order valence-electron chi connectivity index (χ2n) is 8.55. The summed E-state index contributed by atoms with van der Waals surface area (Å²) in [6.45, 7) is 0. The molecule has 3 unspecified atom stereocenters. The molecule has 5 rings (SSSR count). The van der Waals surface area contributed by atoms with Crippen LogP contribution in [0.5, 0.6) is 0 Å². The summed E-state index contributed by atoms with van der Waals surface area (Å²) in [5, 5.41) is 12.2. The van der Waals surface area contributed by atoms with E-state index in [0.717, 1.165) is 15.1 Å². The Hall–Kier alpha value is -2.19. The van der Waals surface area contributed by atoms with Gasteiger partial charge >= 0.3 is 0 Å². The zero-order chi connectivity index (χ0) is 25.4. The Bertz CT molecular complexity index is 1540. The van der Waals surface area contributed by atoms with Gasteiger partial charge in [0.2, 0.25) is 4.08 Å². The molecule has 3 heterocycles. The molecule has 4 aromatic rings. The van der Waals surface area contributed by atoms with Crippen molar-refractivity contribution in [2.45, 2.75) is 24.4 Å². The Kier molecular flexibility index (Phi) is 7.03. The number of para-hydroxylation sites is 1. The largest absolute Gasteiger partial charge is 0.304 e. The summed E-state index contributed by atoms with van der Waals surface area (Å²) >= 11 is 9.64. The van der Waals surface area contributed by atoms with Gasteiger partial charge in [0.25, 0.3) is 0 Å². The zero-order valence-corrected chi connectivity index (χ0v) is 23.4. The van der Waals surface area contributed by atoms with Crippen molar-refractivity contribution in [2.24, 2.45) is 0 Å². The zero-order valence-electron chi connectivity index (χ0n) is 19.3. The number of fused-ring (bicyclic) bond motifs is 1. The number of hydrogen-bond acceptors (Lipinski definition) is 9. The van der Waals surface area contributed by atoms with Gasteiger partial charge in [0.1, 0.15) is 11.1 Å². The van der Waals surface area contributed by atoms with Crippen LogP contribution in [0.3, 0.4) is 0 Å². The van der Waals surface area contributed by atoms with Crippen molar-refractivity contribution in [2.75, 3.05) is 14.1 Å². The fraction of sp³-hybridized carbons (Fsp3) is 0.167. The molecule has 0 aliphatic carbocycles. The van der Waals surface area contributed by atoms with Crippen LogP contribution in [0, 0.1) is 0 Å². The van der Waals surface area contributed by atoms with Gasteiger partial charge in [-0.3, -0.25) is 4.48 Å². The molecule has 7 nitrogen and oxygen atoms in total. The van der Waals surface area contributed by atoms with Crippen LogP contribution in [0.25, 0.3) is 10.2 Å². The maximum atomic E-state index is 14.0. The van der Waals surface area contributed by atoms with Crippen molar-refractivity contribution in [3.63, 3.8) is 0 Å². The molecule has 1 aliphatic rings. The van der Waals surface area contributed by atoms with Crippen LogP contribution < -0.4 is 0 Å². The second kappa shape index (κ2) is 9.93. The Morgan fingerprint density at radius 1 is 1.11 bits per heavy atom. The summed E-state index contributed by atoms with van der Waals surface area (Å²) in [4.78, 5) is 5.57. The number of thiazole rings is 1. The van der Waals surface area contributed by atoms with E-state index in [4.69, 9.17) is 16.2 Å². The third-order valence-corrected chi connectivity index (χ3v) is 12.5. The van der Waals surface area contributed by atoms with Crippen molar-refractivity contribution >= 4 is 65.0 Å². The molecule has 2 aromatic heterocycles. The van der Waals surface area contributed by atoms with E-state index in [1.54, 1.807) is 12.3 Å². The summed E-state index contributed by atoms with van der Waals surface area (Å²) in [5.74, 6) is 0. The molecule has 2 aromatic carbocycles. The Balaban J connectivity index is 1.77. The number of rotatable bonds is 7. The van der Waals surface area contributed by atoms with Crippen LogP contribution >= 0.6 is 34.9 Å². The molecule has 0 amide bonds. The fourth-order valence-electron chi connectivity index (χ4n) is 4.20. The van der Waals surface area contributed by atoms with E-state index in [1.807, 2.05) is 87.1 Å². The van der Waals surface area contributed by atoms with Gasteiger partial charge in [0.15, 0.2) is 13.1 Å². The van der Waals surface area contributed by atoms with Gasteiger partial charge in [-0.25, -0.2) is 9.19 Å². The maximum Gasteiger partial charge on any atom is 0.205 e. The van der Waals surface area contributed by atoms with Gasteiger partial charge in [0, 0.05) is 21.6 Å². The highest BCUT2D eigenvalue weighted by atomic mass is 32.8. The molecule has 0 radical (unpaired) electrons. The number of hydrogen-bond donors (Lipinski definition) is 1. The van der Waals surface area contributed by atoms with Crippen LogP contribution in [0.4, 0.5) is 0 Å². The highest BCUT2D eigenvalue weighted by Crippen LogP contribution is 2.55. The maximum absolute atomic E-state index is 14.0. The van der Waals surface area contributed by atoms with Crippen LogP contribution in [-0.4, -0.2) is 53.8 Å². The molecule has 0 bridgehead atoms. The molecule has 0 saturated heterocycles. The summed E-state index contributed by atoms with van der Waals surface area (Å²) in [7, 11) is 0.106. The van der Waals surface area contributed by atoms with E-state index in [9.17, 15) is 8.76 Å². The van der Waals surface area contributed by atoms with Crippen LogP contribution in [0.2, 0.25) is 0 Å². The summed E-state index contributed by atoms with van der Waals surface area (Å²) in [6.07, 6.45) is 9.39. The van der Waals surface area contributed by atoms with Crippen LogP contribution in [0.15, 0.2) is 99.5 Å². The van der Waals surface area contributed by atoms with E-state index < -0.39 is 18.9 Å². The van der Waals surface area contributed by atoms with Gasteiger partial charge in [-0.15, -0.1) is 21.5 Å². The van der Waals surface area contributed by atoms with Gasteiger partial charge in [-0.05, 0) is 41.6 Å². The first-order valence-corrected chi connectivity index (χ1v) is 15.7. The highest BCUT2D eigenvalue weighted by Gasteiger charge is 2.57. The molecular weight excluding hydrogens is 551 g/mol. The molecule has 0 saturated carbocycles. The van der Waals surface area contributed by atoms with Crippen molar-refractivity contribution in [1.82, 2.24) is 20.4 Å². The highest BCUT2D eigenvalue weighted by molar-refractivity contribution is 8.35. The number of aromatic nitrogens is 4. The molecule has 1 N–H and O–H groups in total. The van der Waals surface area contributed by atoms with E-state index in [-0.39, 0.29) is 0 Å². The summed E-state index contributed by atoms with van der Waals surface area (Å²) in [5.41, 5.74) is 1.49. The van der Waals surface area contributed by atoms with Gasteiger partial charge < -0.3 is 4.55 Å². The Morgan fingerprint density at radius 3 is 2.61 bits per heavy atom. The minimum Gasteiger partial charge on any atom is -0.304 e. The molecule has 184 valence electrons. The fourth-order valence-corrected chi connectivity index (χ4v) is 10.7. The van der Waals surface area contributed by atoms with Gasteiger partial charge in [-0.2, -0.15) is 0 Å². The van der Waals surface area contributed by atoms with Gasteiger partial charge in [-0.1, -0.05) is 59.9 Å². The molecule has 36 heavy (non-hydrogen) atoms. The first-order chi connectivity index (χ1) is 17.2. The predicted octanol–water partition coefficient (Wildman–Crippen LogP) is 5.33. The van der Waals surface area contributed by atoms with Crippen molar-refractivity contribution in [3.8, 4) is 0 Å². The number of quaternary nitrogens is 1. The lowest BCUT2D eigenvalue weighted by molar-refractivity contribution is -0.860. The lowest BCUT2D eigenvalue weighted by Gasteiger charge is -2.45. The number of nitrogens with zero attached hydrogens (tertiary/aromatic N) is 5. The molecule has 1 aliphatic heterocycles. The molecule has 12 heteroatoms.